The Morgan fingerprint density at radius 3 is 2.19 bits per heavy atom. The molecule has 0 heterocycles. The van der Waals surface area contributed by atoms with Gasteiger partial charge in [-0.15, -0.1) is 0 Å². The monoisotopic (exact) mass is 382 g/mol. The van der Waals surface area contributed by atoms with Crippen LogP contribution in [0.15, 0.2) is 77.7 Å². The number of ether oxygens (including phenoxy) is 1. The fraction of sp³-hybridized carbons (Fsp3) is 0.0500. The maximum Gasteiger partial charge on any atom is 0.262 e. The molecule has 0 spiro atoms. The summed E-state index contributed by atoms with van der Waals surface area (Å²) >= 11 is 0. The molecule has 3 aromatic rings. The van der Waals surface area contributed by atoms with Crippen molar-refractivity contribution in [2.24, 2.45) is 5.73 Å². The van der Waals surface area contributed by atoms with Crippen molar-refractivity contribution in [1.82, 2.24) is 0 Å². The molecule has 3 N–H and O–H groups in total. The van der Waals surface area contributed by atoms with Gasteiger partial charge < -0.3 is 10.5 Å². The van der Waals surface area contributed by atoms with Crippen molar-refractivity contribution in [2.45, 2.75) is 11.8 Å². The molecule has 1 amide bonds. The quantitative estimate of drug-likeness (QED) is 0.679. The van der Waals surface area contributed by atoms with Crippen LogP contribution in [0.2, 0.25) is 0 Å². The molecule has 0 fully saturated rings. The van der Waals surface area contributed by atoms with Crippen molar-refractivity contribution < 1.29 is 17.9 Å². The number of sulfonamides is 1. The first kappa shape index (κ1) is 18.5. The molecule has 0 saturated heterocycles. The van der Waals surface area contributed by atoms with Gasteiger partial charge in [-0.25, -0.2) is 8.42 Å². The number of primary amides is 1. The third-order valence-corrected chi connectivity index (χ3v) is 5.21. The molecule has 6 nitrogen and oxygen atoms in total. The van der Waals surface area contributed by atoms with Crippen molar-refractivity contribution in [3.05, 3.63) is 83.9 Å². The van der Waals surface area contributed by atoms with Crippen LogP contribution >= 0.6 is 0 Å². The smallest absolute Gasteiger partial charge is 0.262 e. The van der Waals surface area contributed by atoms with Crippen molar-refractivity contribution in [3.8, 4) is 11.5 Å². The lowest BCUT2D eigenvalue weighted by Gasteiger charge is -2.13. The van der Waals surface area contributed by atoms with E-state index in [4.69, 9.17) is 10.5 Å². The van der Waals surface area contributed by atoms with Crippen LogP contribution in [-0.4, -0.2) is 14.3 Å². The van der Waals surface area contributed by atoms with Gasteiger partial charge >= 0.3 is 0 Å². The number of benzene rings is 3. The Bertz CT molecular complexity index is 1060. The predicted molar refractivity (Wildman–Crippen MR) is 103 cm³/mol. The molecule has 3 rings (SSSR count). The normalized spacial score (nSPS) is 11.0. The topological polar surface area (TPSA) is 98.5 Å². The van der Waals surface area contributed by atoms with Crippen LogP contribution in [-0.2, 0) is 10.0 Å². The van der Waals surface area contributed by atoms with Gasteiger partial charge in [-0.2, -0.15) is 0 Å². The van der Waals surface area contributed by atoms with E-state index in [0.717, 1.165) is 5.56 Å². The number of anilines is 1. The molecule has 0 aliphatic heterocycles. The predicted octanol–water partition coefficient (Wildman–Crippen LogP) is 3.69. The van der Waals surface area contributed by atoms with E-state index in [9.17, 15) is 13.2 Å². The number of nitrogens with one attached hydrogen (secondary N) is 1. The molecular weight excluding hydrogens is 364 g/mol. The molecule has 7 heteroatoms. The lowest BCUT2D eigenvalue weighted by Crippen LogP contribution is -2.15. The van der Waals surface area contributed by atoms with Gasteiger partial charge in [-0.1, -0.05) is 29.8 Å². The second-order valence-corrected chi connectivity index (χ2v) is 7.59. The van der Waals surface area contributed by atoms with Crippen LogP contribution < -0.4 is 15.2 Å². The highest BCUT2D eigenvalue weighted by atomic mass is 32.2. The fourth-order valence-corrected chi connectivity index (χ4v) is 3.45. The summed E-state index contributed by atoms with van der Waals surface area (Å²) in [6.07, 6.45) is 0. The van der Waals surface area contributed by atoms with Gasteiger partial charge in [0.2, 0.25) is 5.91 Å². The van der Waals surface area contributed by atoms with Crippen molar-refractivity contribution in [3.63, 3.8) is 0 Å². The third-order valence-electron chi connectivity index (χ3n) is 3.83. The van der Waals surface area contributed by atoms with Crippen LogP contribution in [0.1, 0.15) is 15.9 Å². The standard InChI is InChI=1S/C20H18N2O4S/c1-14-6-10-16(11-7-14)26-19-5-3-2-4-18(19)22-27(24,25)17-12-8-15(9-13-17)20(21)23/h2-13,22H,1H3,(H2,21,23). The minimum Gasteiger partial charge on any atom is -0.455 e. The first-order chi connectivity index (χ1) is 12.8. The van der Waals surface area contributed by atoms with Gasteiger partial charge in [0.25, 0.3) is 10.0 Å². The van der Waals surface area contributed by atoms with Crippen LogP contribution in [0.5, 0.6) is 11.5 Å². The molecule has 0 radical (unpaired) electrons. The maximum absolute atomic E-state index is 12.6. The minimum absolute atomic E-state index is 0.0117. The molecule has 0 aliphatic carbocycles. The zero-order valence-corrected chi connectivity index (χ0v) is 15.4. The summed E-state index contributed by atoms with van der Waals surface area (Å²) in [7, 11) is -3.86. The van der Waals surface area contributed by atoms with Crippen LogP contribution in [0.25, 0.3) is 0 Å². The molecule has 0 atom stereocenters. The largest absolute Gasteiger partial charge is 0.455 e. The molecule has 0 aromatic heterocycles. The van der Waals surface area contributed by atoms with Gasteiger partial charge in [-0.3, -0.25) is 9.52 Å². The number of carbonyl (C=O) groups excluding carboxylic acids is 1. The Kier molecular flexibility index (Phi) is 5.14. The number of carbonyl (C=O) groups is 1. The number of rotatable bonds is 6. The summed E-state index contributed by atoms with van der Waals surface area (Å²) in [5, 5.41) is 0. The van der Waals surface area contributed by atoms with Gasteiger partial charge in [0.1, 0.15) is 5.75 Å². The summed E-state index contributed by atoms with van der Waals surface area (Å²) in [5.41, 5.74) is 6.81. The summed E-state index contributed by atoms with van der Waals surface area (Å²) in [6, 6.07) is 19.6. The van der Waals surface area contributed by atoms with Gasteiger partial charge in [0.15, 0.2) is 5.75 Å². The van der Waals surface area contributed by atoms with Gasteiger partial charge in [-0.05, 0) is 55.5 Å². The lowest BCUT2D eigenvalue weighted by molar-refractivity contribution is 0.1000. The zero-order chi connectivity index (χ0) is 19.4. The average molecular weight is 382 g/mol. The number of amides is 1. The number of para-hydroxylation sites is 2. The molecule has 3 aromatic carbocycles. The third kappa shape index (κ3) is 4.45. The molecule has 138 valence electrons. The Morgan fingerprint density at radius 1 is 0.926 bits per heavy atom. The maximum atomic E-state index is 12.6. The van der Waals surface area contributed by atoms with Crippen LogP contribution in [0.4, 0.5) is 5.69 Å². The first-order valence-electron chi connectivity index (χ1n) is 8.11. The molecule has 0 aliphatic rings. The van der Waals surface area contributed by atoms with E-state index in [-0.39, 0.29) is 10.5 Å². The van der Waals surface area contributed by atoms with Gasteiger partial charge in [0.05, 0.1) is 10.6 Å². The number of hydrogen-bond acceptors (Lipinski definition) is 4. The van der Waals surface area contributed by atoms with E-state index >= 15 is 0 Å². The Morgan fingerprint density at radius 2 is 1.56 bits per heavy atom. The zero-order valence-electron chi connectivity index (χ0n) is 14.5. The fourth-order valence-electron chi connectivity index (χ4n) is 2.38. The van der Waals surface area contributed by atoms with E-state index in [2.05, 4.69) is 4.72 Å². The summed E-state index contributed by atoms with van der Waals surface area (Å²) < 4.78 is 33.6. The van der Waals surface area contributed by atoms with E-state index in [1.807, 2.05) is 31.2 Å². The molecule has 0 bridgehead atoms. The number of nitrogens with two attached hydrogens (primary N) is 1. The lowest BCUT2D eigenvalue weighted by atomic mass is 10.2. The van der Waals surface area contributed by atoms with E-state index < -0.39 is 15.9 Å². The minimum atomic E-state index is -3.86. The highest BCUT2D eigenvalue weighted by molar-refractivity contribution is 7.92. The number of hydrogen-bond donors (Lipinski definition) is 2. The Balaban J connectivity index is 1.86. The molecule has 0 unspecified atom stereocenters. The SMILES string of the molecule is Cc1ccc(Oc2ccccc2NS(=O)(=O)c2ccc(C(N)=O)cc2)cc1. The average Bonchev–Trinajstić information content (AvgIpc) is 2.65. The van der Waals surface area contributed by atoms with Crippen molar-refractivity contribution in [2.75, 3.05) is 4.72 Å². The highest BCUT2D eigenvalue weighted by Crippen LogP contribution is 2.31. The Labute approximate surface area is 157 Å². The van der Waals surface area contributed by atoms with Crippen molar-refractivity contribution in [1.29, 1.82) is 0 Å². The van der Waals surface area contributed by atoms with Crippen LogP contribution in [0.3, 0.4) is 0 Å². The van der Waals surface area contributed by atoms with E-state index in [0.29, 0.717) is 17.2 Å². The number of aryl methyl sites for hydroxylation is 1. The molecular formula is C20H18N2O4S. The van der Waals surface area contributed by atoms with Crippen LogP contribution in [0, 0.1) is 6.92 Å². The van der Waals surface area contributed by atoms with Crippen molar-refractivity contribution >= 4 is 21.6 Å². The summed E-state index contributed by atoms with van der Waals surface area (Å²) in [4.78, 5) is 11.1. The van der Waals surface area contributed by atoms with Gasteiger partial charge in [0, 0.05) is 5.56 Å². The first-order valence-corrected chi connectivity index (χ1v) is 9.60. The summed E-state index contributed by atoms with van der Waals surface area (Å²) in [6.45, 7) is 1.97. The van der Waals surface area contributed by atoms with E-state index in [1.54, 1.807) is 24.3 Å². The molecule has 27 heavy (non-hydrogen) atoms. The van der Waals surface area contributed by atoms with E-state index in [1.165, 1.54) is 24.3 Å². The second-order valence-electron chi connectivity index (χ2n) is 5.91. The summed E-state index contributed by atoms with van der Waals surface area (Å²) in [5.74, 6) is 0.348. The highest BCUT2D eigenvalue weighted by Gasteiger charge is 2.17. The second kappa shape index (κ2) is 7.51. The molecule has 0 saturated carbocycles. The Hall–Kier alpha value is -3.32.